The molecule has 144 valence electrons. The molecule has 0 bridgehead atoms. The molecule has 1 aliphatic heterocycles. The summed E-state index contributed by atoms with van der Waals surface area (Å²) < 4.78 is 6.89. The molecule has 2 aromatic rings. The van der Waals surface area contributed by atoms with E-state index in [4.69, 9.17) is 4.74 Å². The quantitative estimate of drug-likeness (QED) is 0.695. The lowest BCUT2D eigenvalue weighted by atomic mass is 10.1. The van der Waals surface area contributed by atoms with Crippen LogP contribution in [-0.4, -0.2) is 41.6 Å². The van der Waals surface area contributed by atoms with E-state index < -0.39 is 0 Å². The Balaban J connectivity index is 1.72. The van der Waals surface area contributed by atoms with Crippen LogP contribution in [0.4, 0.5) is 0 Å². The smallest absolute Gasteiger partial charge is 0.287 e. The van der Waals surface area contributed by atoms with Crippen molar-refractivity contribution in [2.24, 2.45) is 0 Å². The van der Waals surface area contributed by atoms with Crippen LogP contribution in [0.25, 0.3) is 0 Å². The number of hydrogen-bond donors (Lipinski definition) is 2. The van der Waals surface area contributed by atoms with Gasteiger partial charge in [0.1, 0.15) is 5.69 Å². The van der Waals surface area contributed by atoms with Gasteiger partial charge in [-0.2, -0.15) is 0 Å². The summed E-state index contributed by atoms with van der Waals surface area (Å²) in [5.74, 6) is -0.147. The first-order valence-corrected chi connectivity index (χ1v) is 9.39. The lowest BCUT2D eigenvalue weighted by Gasteiger charge is -2.17. The minimum Gasteiger partial charge on any atom is -0.385 e. The molecule has 7 nitrogen and oxygen atoms in total. The Labute approximate surface area is 159 Å². The van der Waals surface area contributed by atoms with Gasteiger partial charge in [-0.15, -0.1) is 0 Å². The molecule has 0 radical (unpaired) electrons. The summed E-state index contributed by atoms with van der Waals surface area (Å²) in [7, 11) is 1.63. The third-order valence-corrected chi connectivity index (χ3v) is 4.64. The summed E-state index contributed by atoms with van der Waals surface area (Å²) in [6.45, 7) is 2.26. The van der Waals surface area contributed by atoms with Crippen LogP contribution in [0.15, 0.2) is 30.3 Å². The molecule has 0 unspecified atom stereocenters. The number of amides is 2. The molecule has 0 atom stereocenters. The van der Waals surface area contributed by atoms with E-state index in [-0.39, 0.29) is 11.8 Å². The number of nitrogens with zero attached hydrogens (tertiary/aromatic N) is 2. The molecule has 0 saturated heterocycles. The average molecular weight is 370 g/mol. The Hall–Kier alpha value is -2.67. The SMILES string of the molecule is COCCCNC(=O)c1nc(C(=O)NCc2ccccc2)c2n1CCCC2. The van der Waals surface area contributed by atoms with Crippen LogP contribution in [0.1, 0.15) is 51.6 Å². The summed E-state index contributed by atoms with van der Waals surface area (Å²) >= 11 is 0. The summed E-state index contributed by atoms with van der Waals surface area (Å²) in [5, 5.41) is 5.77. The van der Waals surface area contributed by atoms with E-state index in [1.807, 2.05) is 34.9 Å². The molecule has 3 rings (SSSR count). The van der Waals surface area contributed by atoms with Gasteiger partial charge >= 0.3 is 0 Å². The van der Waals surface area contributed by atoms with Crippen molar-refractivity contribution in [2.75, 3.05) is 20.3 Å². The van der Waals surface area contributed by atoms with Crippen molar-refractivity contribution in [1.82, 2.24) is 20.2 Å². The molecular weight excluding hydrogens is 344 g/mol. The van der Waals surface area contributed by atoms with Crippen LogP contribution in [0.2, 0.25) is 0 Å². The number of aromatic nitrogens is 2. The fraction of sp³-hybridized carbons (Fsp3) is 0.450. The van der Waals surface area contributed by atoms with Crippen molar-refractivity contribution in [3.05, 3.63) is 53.1 Å². The topological polar surface area (TPSA) is 85.2 Å². The Kier molecular flexibility index (Phi) is 6.59. The molecule has 1 aromatic carbocycles. The lowest BCUT2D eigenvalue weighted by Crippen LogP contribution is -2.29. The zero-order valence-electron chi connectivity index (χ0n) is 15.7. The standard InChI is InChI=1S/C20H26N4O3/c1-27-13-7-11-21-20(26)18-23-17(16-10-5-6-12-24(16)18)19(25)22-14-15-8-3-2-4-9-15/h2-4,8-9H,5-7,10-14H2,1H3,(H,21,26)(H,22,25). The normalized spacial score (nSPS) is 13.1. The molecule has 2 heterocycles. The van der Waals surface area contributed by atoms with E-state index in [1.165, 1.54) is 0 Å². The van der Waals surface area contributed by atoms with Gasteiger partial charge in [0.15, 0.2) is 5.82 Å². The van der Waals surface area contributed by atoms with Gasteiger partial charge in [0.2, 0.25) is 0 Å². The zero-order valence-corrected chi connectivity index (χ0v) is 15.7. The van der Waals surface area contributed by atoms with Gasteiger partial charge in [0.25, 0.3) is 11.8 Å². The van der Waals surface area contributed by atoms with E-state index in [0.717, 1.165) is 43.5 Å². The van der Waals surface area contributed by atoms with E-state index in [2.05, 4.69) is 15.6 Å². The van der Waals surface area contributed by atoms with Crippen LogP contribution in [-0.2, 0) is 24.2 Å². The van der Waals surface area contributed by atoms with Crippen molar-refractivity contribution >= 4 is 11.8 Å². The number of hydrogen-bond acceptors (Lipinski definition) is 4. The molecule has 2 amide bonds. The van der Waals surface area contributed by atoms with Crippen LogP contribution < -0.4 is 10.6 Å². The predicted octanol–water partition coefficient (Wildman–Crippen LogP) is 1.92. The number of carbonyl (C=O) groups excluding carboxylic acids is 2. The number of nitrogens with one attached hydrogen (secondary N) is 2. The number of ether oxygens (including phenoxy) is 1. The summed E-state index contributed by atoms with van der Waals surface area (Å²) in [6, 6.07) is 9.73. The number of rotatable bonds is 8. The van der Waals surface area contributed by atoms with Crippen LogP contribution >= 0.6 is 0 Å². The number of imidazole rings is 1. The molecule has 1 aliphatic rings. The van der Waals surface area contributed by atoms with Gasteiger partial charge in [-0.25, -0.2) is 4.98 Å². The highest BCUT2D eigenvalue weighted by Gasteiger charge is 2.27. The maximum atomic E-state index is 12.7. The van der Waals surface area contributed by atoms with Crippen molar-refractivity contribution in [2.45, 2.75) is 38.8 Å². The molecule has 2 N–H and O–H groups in total. The molecule has 27 heavy (non-hydrogen) atoms. The van der Waals surface area contributed by atoms with Crippen LogP contribution in [0, 0.1) is 0 Å². The molecule has 0 saturated carbocycles. The number of carbonyl (C=O) groups is 2. The molecule has 1 aromatic heterocycles. The highest BCUT2D eigenvalue weighted by molar-refractivity contribution is 5.97. The molecule has 0 aliphatic carbocycles. The third kappa shape index (κ3) is 4.74. The van der Waals surface area contributed by atoms with Gasteiger partial charge < -0.3 is 19.9 Å². The fourth-order valence-corrected chi connectivity index (χ4v) is 3.26. The van der Waals surface area contributed by atoms with Crippen molar-refractivity contribution in [3.63, 3.8) is 0 Å². The average Bonchev–Trinajstić information content (AvgIpc) is 3.10. The largest absolute Gasteiger partial charge is 0.385 e. The Morgan fingerprint density at radius 2 is 1.96 bits per heavy atom. The van der Waals surface area contributed by atoms with Gasteiger partial charge in [-0.3, -0.25) is 9.59 Å². The van der Waals surface area contributed by atoms with Crippen molar-refractivity contribution in [3.8, 4) is 0 Å². The first-order valence-electron chi connectivity index (χ1n) is 9.39. The Bertz CT molecular complexity index is 786. The van der Waals surface area contributed by atoms with E-state index in [1.54, 1.807) is 7.11 Å². The summed E-state index contributed by atoms with van der Waals surface area (Å²) in [4.78, 5) is 29.6. The first-order chi connectivity index (χ1) is 13.2. The van der Waals surface area contributed by atoms with E-state index >= 15 is 0 Å². The van der Waals surface area contributed by atoms with Crippen molar-refractivity contribution < 1.29 is 14.3 Å². The van der Waals surface area contributed by atoms with Crippen molar-refractivity contribution in [1.29, 1.82) is 0 Å². The van der Waals surface area contributed by atoms with Gasteiger partial charge in [-0.1, -0.05) is 30.3 Å². The zero-order chi connectivity index (χ0) is 19.1. The van der Waals surface area contributed by atoms with Gasteiger partial charge in [0.05, 0.1) is 5.69 Å². The Morgan fingerprint density at radius 3 is 2.74 bits per heavy atom. The molecular formula is C20H26N4O3. The van der Waals surface area contributed by atoms with Gasteiger partial charge in [0, 0.05) is 33.4 Å². The second kappa shape index (κ2) is 9.32. The fourth-order valence-electron chi connectivity index (χ4n) is 3.26. The number of fused-ring (bicyclic) bond motifs is 1. The predicted molar refractivity (Wildman–Crippen MR) is 102 cm³/mol. The summed E-state index contributed by atoms with van der Waals surface area (Å²) in [6.07, 6.45) is 3.48. The summed E-state index contributed by atoms with van der Waals surface area (Å²) in [5.41, 5.74) is 2.25. The molecule has 0 fully saturated rings. The lowest BCUT2D eigenvalue weighted by molar-refractivity contribution is 0.0932. The monoisotopic (exact) mass is 370 g/mol. The number of methoxy groups -OCH3 is 1. The van der Waals surface area contributed by atoms with E-state index in [9.17, 15) is 9.59 Å². The molecule has 7 heteroatoms. The maximum Gasteiger partial charge on any atom is 0.287 e. The minimum absolute atomic E-state index is 0.233. The highest BCUT2D eigenvalue weighted by Crippen LogP contribution is 2.21. The minimum atomic E-state index is -0.239. The second-order valence-corrected chi connectivity index (χ2v) is 6.61. The second-order valence-electron chi connectivity index (χ2n) is 6.61. The van der Waals surface area contributed by atoms with E-state index in [0.29, 0.717) is 31.2 Å². The van der Waals surface area contributed by atoms with Crippen LogP contribution in [0.3, 0.4) is 0 Å². The van der Waals surface area contributed by atoms with Crippen LogP contribution in [0.5, 0.6) is 0 Å². The highest BCUT2D eigenvalue weighted by atomic mass is 16.5. The third-order valence-electron chi connectivity index (χ3n) is 4.64. The molecule has 0 spiro atoms. The first kappa shape index (κ1) is 19.1. The van der Waals surface area contributed by atoms with Gasteiger partial charge in [-0.05, 0) is 31.2 Å². The maximum absolute atomic E-state index is 12.7. The number of benzene rings is 1. The Morgan fingerprint density at radius 1 is 1.15 bits per heavy atom.